The van der Waals surface area contributed by atoms with E-state index in [4.69, 9.17) is 0 Å². The van der Waals surface area contributed by atoms with Gasteiger partial charge < -0.3 is 10.2 Å². The summed E-state index contributed by atoms with van der Waals surface area (Å²) >= 11 is 0. The predicted octanol–water partition coefficient (Wildman–Crippen LogP) is 3.54. The number of nitrogens with zero attached hydrogens (tertiary/aromatic N) is 2. The van der Waals surface area contributed by atoms with Crippen LogP contribution in [0, 0.1) is 5.92 Å². The van der Waals surface area contributed by atoms with E-state index < -0.39 is 15.4 Å². The summed E-state index contributed by atoms with van der Waals surface area (Å²) in [4.78, 5) is 27.4. The second kappa shape index (κ2) is 8.75. The van der Waals surface area contributed by atoms with Gasteiger partial charge in [0.2, 0.25) is 21.8 Å². The maximum atomic E-state index is 13.4. The van der Waals surface area contributed by atoms with Gasteiger partial charge in [-0.25, -0.2) is 8.42 Å². The van der Waals surface area contributed by atoms with Crippen molar-refractivity contribution in [1.82, 2.24) is 9.62 Å². The van der Waals surface area contributed by atoms with Crippen LogP contribution in [0.3, 0.4) is 0 Å². The number of rotatable bonds is 4. The van der Waals surface area contributed by atoms with Crippen molar-refractivity contribution in [2.75, 3.05) is 25.0 Å². The molecule has 35 heavy (non-hydrogen) atoms. The summed E-state index contributed by atoms with van der Waals surface area (Å²) in [6.07, 6.45) is 4.03. The normalized spacial score (nSPS) is 22.5. The molecule has 0 bridgehead atoms. The first kappa shape index (κ1) is 24.0. The SMILES string of the molecule is CN1C(=O)C(C)(C)c2cc(S(=O)(=O)N3CCC(C(=O)N[C@@H]4CCCc5ccccc54)CC3)ccc21. The number of carbonyl (C=O) groups is 2. The fourth-order valence-electron chi connectivity index (χ4n) is 5.81. The smallest absolute Gasteiger partial charge is 0.243 e. The zero-order chi connectivity index (χ0) is 25.0. The maximum Gasteiger partial charge on any atom is 0.243 e. The van der Waals surface area contributed by atoms with Crippen LogP contribution in [0.1, 0.15) is 62.3 Å². The number of amides is 2. The molecule has 0 spiro atoms. The quantitative estimate of drug-likeness (QED) is 0.703. The summed E-state index contributed by atoms with van der Waals surface area (Å²) in [6, 6.07) is 13.3. The molecular weight excluding hydrogens is 462 g/mol. The van der Waals surface area contributed by atoms with Crippen molar-refractivity contribution in [3.05, 3.63) is 59.2 Å². The molecule has 2 heterocycles. The third kappa shape index (κ3) is 4.06. The predicted molar refractivity (Wildman–Crippen MR) is 135 cm³/mol. The number of sulfonamides is 1. The number of benzene rings is 2. The fraction of sp³-hybridized carbons (Fsp3) is 0.481. The molecule has 2 amide bonds. The Morgan fingerprint density at radius 2 is 1.77 bits per heavy atom. The largest absolute Gasteiger partial charge is 0.349 e. The summed E-state index contributed by atoms with van der Waals surface area (Å²) in [5.74, 6) is -0.222. The van der Waals surface area contributed by atoms with Gasteiger partial charge in [-0.2, -0.15) is 4.31 Å². The number of likely N-dealkylation sites (N-methyl/N-ethyl adjacent to an activating group) is 1. The Labute approximate surface area is 207 Å². The molecule has 2 aliphatic heterocycles. The van der Waals surface area contributed by atoms with Gasteiger partial charge in [-0.3, -0.25) is 9.59 Å². The first-order valence-corrected chi connectivity index (χ1v) is 13.9. The van der Waals surface area contributed by atoms with Crippen molar-refractivity contribution in [1.29, 1.82) is 0 Å². The van der Waals surface area contributed by atoms with Crippen LogP contribution in [0.5, 0.6) is 0 Å². The van der Waals surface area contributed by atoms with Gasteiger partial charge in [0.15, 0.2) is 0 Å². The van der Waals surface area contributed by atoms with Gasteiger partial charge in [-0.15, -0.1) is 0 Å². The molecule has 7 nitrogen and oxygen atoms in total. The van der Waals surface area contributed by atoms with E-state index in [1.165, 1.54) is 15.4 Å². The topological polar surface area (TPSA) is 86.8 Å². The van der Waals surface area contributed by atoms with E-state index in [9.17, 15) is 18.0 Å². The standard InChI is InChI=1S/C27H33N3O4S/c1-27(2)22-17-20(11-12-24(22)29(3)26(27)32)35(33,34)30-15-13-19(14-16-30)25(31)28-23-10-6-8-18-7-4-5-9-21(18)23/h4-5,7,9,11-12,17,19,23H,6,8,10,13-16H2,1-3H3,(H,28,31)/t23-/m1/s1. The molecule has 0 unspecified atom stereocenters. The molecule has 8 heteroatoms. The molecule has 1 aliphatic carbocycles. The van der Waals surface area contributed by atoms with Gasteiger partial charge in [0, 0.05) is 31.7 Å². The summed E-state index contributed by atoms with van der Waals surface area (Å²) in [5.41, 5.74) is 3.22. The lowest BCUT2D eigenvalue weighted by molar-refractivity contribution is -0.127. The maximum absolute atomic E-state index is 13.4. The minimum atomic E-state index is -3.71. The first-order valence-electron chi connectivity index (χ1n) is 12.4. The lowest BCUT2D eigenvalue weighted by atomic mass is 9.86. The molecule has 5 rings (SSSR count). The van der Waals surface area contributed by atoms with E-state index in [1.807, 2.05) is 26.0 Å². The van der Waals surface area contributed by atoms with Crippen LogP contribution in [-0.4, -0.2) is 44.7 Å². The number of piperidine rings is 1. The van der Waals surface area contributed by atoms with E-state index in [-0.39, 0.29) is 28.7 Å². The summed E-state index contributed by atoms with van der Waals surface area (Å²) < 4.78 is 28.3. The van der Waals surface area contributed by atoms with Crippen molar-refractivity contribution < 1.29 is 18.0 Å². The average Bonchev–Trinajstić information content (AvgIpc) is 3.04. The van der Waals surface area contributed by atoms with Gasteiger partial charge in [-0.05, 0) is 80.8 Å². The number of nitrogens with one attached hydrogen (secondary N) is 1. The van der Waals surface area contributed by atoms with Crippen LogP contribution in [0.4, 0.5) is 5.69 Å². The lowest BCUT2D eigenvalue weighted by Crippen LogP contribution is -2.44. The molecular formula is C27H33N3O4S. The van der Waals surface area contributed by atoms with E-state index in [1.54, 1.807) is 30.1 Å². The molecule has 3 aliphatic rings. The van der Waals surface area contributed by atoms with Crippen molar-refractivity contribution >= 4 is 27.5 Å². The van der Waals surface area contributed by atoms with Gasteiger partial charge in [0.1, 0.15) is 0 Å². The molecule has 0 aromatic heterocycles. The van der Waals surface area contributed by atoms with Gasteiger partial charge in [-0.1, -0.05) is 24.3 Å². The summed E-state index contributed by atoms with van der Waals surface area (Å²) in [7, 11) is -2.00. The third-order valence-corrected chi connectivity index (χ3v) is 9.89. The highest BCUT2D eigenvalue weighted by Crippen LogP contribution is 2.42. The zero-order valence-corrected chi connectivity index (χ0v) is 21.4. The van der Waals surface area contributed by atoms with Gasteiger partial charge in [0.05, 0.1) is 16.4 Å². The van der Waals surface area contributed by atoms with Crippen molar-refractivity contribution in [2.45, 2.75) is 62.3 Å². The fourth-order valence-corrected chi connectivity index (χ4v) is 7.31. The Balaban J connectivity index is 1.26. The Morgan fingerprint density at radius 1 is 1.06 bits per heavy atom. The highest BCUT2D eigenvalue weighted by Gasteiger charge is 2.43. The van der Waals surface area contributed by atoms with Crippen LogP contribution in [0.25, 0.3) is 0 Å². The highest BCUT2D eigenvalue weighted by molar-refractivity contribution is 7.89. The molecule has 1 atom stereocenters. The highest BCUT2D eigenvalue weighted by atomic mass is 32.2. The molecule has 0 radical (unpaired) electrons. The molecule has 186 valence electrons. The van der Waals surface area contributed by atoms with Crippen LogP contribution >= 0.6 is 0 Å². The van der Waals surface area contributed by atoms with Crippen LogP contribution in [0.2, 0.25) is 0 Å². The Kier molecular flexibility index (Phi) is 6.00. The van der Waals surface area contributed by atoms with E-state index in [2.05, 4.69) is 17.4 Å². The van der Waals surface area contributed by atoms with Gasteiger partial charge >= 0.3 is 0 Å². The van der Waals surface area contributed by atoms with Crippen molar-refractivity contribution in [3.63, 3.8) is 0 Å². The second-order valence-electron chi connectivity index (χ2n) is 10.5. The number of carbonyl (C=O) groups excluding carboxylic acids is 2. The molecule has 2 aromatic rings. The average molecular weight is 496 g/mol. The monoisotopic (exact) mass is 495 g/mol. The van der Waals surface area contributed by atoms with Crippen LogP contribution < -0.4 is 10.2 Å². The molecule has 1 fully saturated rings. The summed E-state index contributed by atoms with van der Waals surface area (Å²) in [5, 5.41) is 3.23. The number of fused-ring (bicyclic) bond motifs is 2. The first-order chi connectivity index (χ1) is 16.6. The Hall–Kier alpha value is -2.71. The number of aryl methyl sites for hydroxylation is 1. The number of hydrogen-bond acceptors (Lipinski definition) is 4. The lowest BCUT2D eigenvalue weighted by Gasteiger charge is -2.33. The Bertz CT molecular complexity index is 1280. The van der Waals surface area contributed by atoms with E-state index >= 15 is 0 Å². The molecule has 2 aromatic carbocycles. The van der Waals surface area contributed by atoms with E-state index in [0.29, 0.717) is 25.9 Å². The van der Waals surface area contributed by atoms with Crippen molar-refractivity contribution in [2.24, 2.45) is 5.92 Å². The summed E-state index contributed by atoms with van der Waals surface area (Å²) in [6.45, 7) is 4.26. The van der Waals surface area contributed by atoms with Crippen LogP contribution in [0.15, 0.2) is 47.4 Å². The minimum absolute atomic E-state index is 0.0181. The number of hydrogen-bond donors (Lipinski definition) is 1. The zero-order valence-electron chi connectivity index (χ0n) is 20.6. The van der Waals surface area contributed by atoms with Crippen molar-refractivity contribution in [3.8, 4) is 0 Å². The van der Waals surface area contributed by atoms with Crippen LogP contribution in [-0.2, 0) is 31.4 Å². The van der Waals surface area contributed by atoms with E-state index in [0.717, 1.165) is 30.5 Å². The van der Waals surface area contributed by atoms with Gasteiger partial charge in [0.25, 0.3) is 0 Å². The second-order valence-corrected chi connectivity index (χ2v) is 12.4. The molecule has 1 N–H and O–H groups in total. The Morgan fingerprint density at radius 3 is 2.51 bits per heavy atom. The minimum Gasteiger partial charge on any atom is -0.349 e. The number of anilines is 1. The third-order valence-electron chi connectivity index (χ3n) is 7.99. The molecule has 1 saturated heterocycles. The molecule has 0 saturated carbocycles.